The van der Waals surface area contributed by atoms with Gasteiger partial charge in [0.05, 0.1) is 6.54 Å². The summed E-state index contributed by atoms with van der Waals surface area (Å²) in [5.41, 5.74) is 0.601. The van der Waals surface area contributed by atoms with Gasteiger partial charge in [-0.05, 0) is 29.3 Å². The number of halogens is 2. The molecule has 1 saturated heterocycles. The van der Waals surface area contributed by atoms with Gasteiger partial charge in [0.25, 0.3) is 0 Å². The summed E-state index contributed by atoms with van der Waals surface area (Å²) < 4.78 is 28.1. The number of phenolic OH excluding ortho intramolecular Hbond substituents is 1. The zero-order valence-electron chi connectivity index (χ0n) is 25.0. The van der Waals surface area contributed by atoms with E-state index in [0.29, 0.717) is 5.56 Å². The maximum absolute atomic E-state index is 14.5. The van der Waals surface area contributed by atoms with E-state index in [0.717, 1.165) is 17.7 Å². The van der Waals surface area contributed by atoms with Crippen LogP contribution in [0.1, 0.15) is 30.5 Å². The Morgan fingerprint density at radius 1 is 1.09 bits per heavy atom. The standard InChI is InChI=1S/C33H37F2N5O4/c1-5-17-38-21-29(42)39(22-40(38)32(44)36-19-23-9-7-6-8-10-23)30(33(2,3)25-12-15-27(41)16-13-25)31(43)37(4)20-24-11-14-26(34)18-28(24)35/h5-16,18,30,41H,1,17,19-22H2,2-4H3,(H,36,44). The highest BCUT2D eigenvalue weighted by molar-refractivity contribution is 5.91. The molecular formula is C33H37F2N5O4. The van der Waals surface area contributed by atoms with Crippen molar-refractivity contribution in [1.82, 2.24) is 25.1 Å². The van der Waals surface area contributed by atoms with Gasteiger partial charge in [-0.15, -0.1) is 6.58 Å². The summed E-state index contributed by atoms with van der Waals surface area (Å²) in [6.45, 7) is 7.16. The smallest absolute Gasteiger partial charge is 0.333 e. The predicted molar refractivity (Wildman–Crippen MR) is 162 cm³/mol. The molecule has 4 amide bonds. The van der Waals surface area contributed by atoms with Crippen LogP contribution >= 0.6 is 0 Å². The molecule has 9 nitrogen and oxygen atoms in total. The summed E-state index contributed by atoms with van der Waals surface area (Å²) in [5, 5.41) is 15.7. The van der Waals surface area contributed by atoms with E-state index in [4.69, 9.17) is 0 Å². The molecule has 0 spiro atoms. The molecule has 0 aromatic heterocycles. The first kappa shape index (κ1) is 32.2. The molecule has 1 unspecified atom stereocenters. The average molecular weight is 606 g/mol. The van der Waals surface area contributed by atoms with Crippen LogP contribution in [0.5, 0.6) is 5.75 Å². The van der Waals surface area contributed by atoms with Gasteiger partial charge in [-0.1, -0.05) is 68.5 Å². The molecule has 0 bridgehead atoms. The Morgan fingerprint density at radius 3 is 2.41 bits per heavy atom. The van der Waals surface area contributed by atoms with Crippen LogP contribution in [0.15, 0.2) is 85.5 Å². The number of aromatic hydroxyl groups is 1. The molecule has 44 heavy (non-hydrogen) atoms. The third kappa shape index (κ3) is 7.23. The molecule has 1 aliphatic heterocycles. The average Bonchev–Trinajstić information content (AvgIpc) is 2.99. The first-order valence-corrected chi connectivity index (χ1v) is 14.1. The van der Waals surface area contributed by atoms with Gasteiger partial charge in [0.2, 0.25) is 11.8 Å². The summed E-state index contributed by atoms with van der Waals surface area (Å²) in [6, 6.07) is 17.2. The summed E-state index contributed by atoms with van der Waals surface area (Å²) >= 11 is 0. The maximum atomic E-state index is 14.5. The van der Waals surface area contributed by atoms with Crippen molar-refractivity contribution in [1.29, 1.82) is 0 Å². The topological polar surface area (TPSA) is 96.4 Å². The van der Waals surface area contributed by atoms with Crippen LogP contribution in [0.2, 0.25) is 0 Å². The quantitative estimate of drug-likeness (QED) is 0.335. The lowest BCUT2D eigenvalue weighted by Gasteiger charge is -2.49. The number of hydrazine groups is 1. The second kappa shape index (κ2) is 13.7. The Hall–Kier alpha value is -4.77. The first-order chi connectivity index (χ1) is 20.9. The van der Waals surface area contributed by atoms with Gasteiger partial charge in [-0.3, -0.25) is 9.59 Å². The van der Waals surface area contributed by atoms with Crippen molar-refractivity contribution in [3.05, 3.63) is 114 Å². The Labute approximate surface area is 255 Å². The number of nitrogens with zero attached hydrogens (tertiary/aromatic N) is 4. The van der Waals surface area contributed by atoms with Gasteiger partial charge in [0, 0.05) is 43.7 Å². The lowest BCUT2D eigenvalue weighted by molar-refractivity contribution is -0.165. The number of nitrogens with one attached hydrogen (secondary N) is 1. The van der Waals surface area contributed by atoms with Gasteiger partial charge in [-0.25, -0.2) is 23.6 Å². The number of amides is 4. The molecule has 11 heteroatoms. The molecular weight excluding hydrogens is 568 g/mol. The summed E-state index contributed by atoms with van der Waals surface area (Å²) in [5.74, 6) is -2.41. The van der Waals surface area contributed by atoms with Gasteiger partial charge in [0.1, 0.15) is 30.1 Å². The Morgan fingerprint density at radius 2 is 1.77 bits per heavy atom. The van der Waals surface area contributed by atoms with Crippen LogP contribution in [0.3, 0.4) is 0 Å². The zero-order valence-corrected chi connectivity index (χ0v) is 25.0. The van der Waals surface area contributed by atoms with Crippen LogP contribution in [0.25, 0.3) is 0 Å². The van der Waals surface area contributed by atoms with Crippen molar-refractivity contribution in [2.24, 2.45) is 0 Å². The molecule has 1 atom stereocenters. The maximum Gasteiger partial charge on any atom is 0.333 e. The van der Waals surface area contributed by atoms with Gasteiger partial charge in [0.15, 0.2) is 0 Å². The van der Waals surface area contributed by atoms with Crippen molar-refractivity contribution in [3.63, 3.8) is 0 Å². The van der Waals surface area contributed by atoms with Crippen molar-refractivity contribution in [3.8, 4) is 5.75 Å². The Balaban J connectivity index is 1.69. The summed E-state index contributed by atoms with van der Waals surface area (Å²) in [6.07, 6.45) is 1.58. The van der Waals surface area contributed by atoms with E-state index in [9.17, 15) is 28.3 Å². The third-order valence-corrected chi connectivity index (χ3v) is 7.77. The van der Waals surface area contributed by atoms with E-state index in [1.807, 2.05) is 30.3 Å². The second-order valence-electron chi connectivity index (χ2n) is 11.3. The number of carbonyl (C=O) groups excluding carboxylic acids is 3. The van der Waals surface area contributed by atoms with E-state index < -0.39 is 40.9 Å². The molecule has 4 rings (SSSR count). The molecule has 3 aromatic rings. The molecule has 0 aliphatic carbocycles. The van der Waals surface area contributed by atoms with Crippen LogP contribution in [0.4, 0.5) is 13.6 Å². The lowest BCUT2D eigenvalue weighted by Crippen LogP contribution is -2.69. The van der Waals surface area contributed by atoms with E-state index in [-0.39, 0.29) is 44.2 Å². The molecule has 1 heterocycles. The van der Waals surface area contributed by atoms with Crippen LogP contribution in [-0.4, -0.2) is 75.6 Å². The largest absolute Gasteiger partial charge is 0.508 e. The molecule has 3 aromatic carbocycles. The highest BCUT2D eigenvalue weighted by atomic mass is 19.1. The molecule has 0 radical (unpaired) electrons. The fraction of sp³-hybridized carbons (Fsp3) is 0.303. The highest BCUT2D eigenvalue weighted by Crippen LogP contribution is 2.34. The Bertz CT molecular complexity index is 1500. The minimum atomic E-state index is -1.15. The predicted octanol–water partition coefficient (Wildman–Crippen LogP) is 4.39. The van der Waals surface area contributed by atoms with E-state index >= 15 is 0 Å². The fourth-order valence-electron chi connectivity index (χ4n) is 5.31. The van der Waals surface area contributed by atoms with Crippen molar-refractivity contribution in [2.75, 3.05) is 26.8 Å². The first-order valence-electron chi connectivity index (χ1n) is 14.1. The molecule has 2 N–H and O–H groups in total. The number of carbonyl (C=O) groups is 3. The van der Waals surface area contributed by atoms with Crippen molar-refractivity contribution < 1.29 is 28.3 Å². The number of hydrogen-bond acceptors (Lipinski definition) is 5. The van der Waals surface area contributed by atoms with Crippen molar-refractivity contribution in [2.45, 2.75) is 38.4 Å². The second-order valence-corrected chi connectivity index (χ2v) is 11.3. The Kier molecular flexibility index (Phi) is 10.00. The minimum absolute atomic E-state index is 0.0340. The van der Waals surface area contributed by atoms with Gasteiger partial charge in [-0.2, -0.15) is 0 Å². The van der Waals surface area contributed by atoms with Crippen LogP contribution in [-0.2, 0) is 28.1 Å². The summed E-state index contributed by atoms with van der Waals surface area (Å²) in [4.78, 5) is 44.2. The zero-order chi connectivity index (χ0) is 32.0. The number of likely N-dealkylation sites (N-methyl/N-ethyl adjacent to an activating group) is 1. The van der Waals surface area contributed by atoms with Crippen LogP contribution in [0, 0.1) is 11.6 Å². The monoisotopic (exact) mass is 605 g/mol. The minimum Gasteiger partial charge on any atom is -0.508 e. The van der Waals surface area contributed by atoms with Crippen LogP contribution < -0.4 is 5.32 Å². The van der Waals surface area contributed by atoms with Crippen molar-refractivity contribution >= 4 is 17.8 Å². The van der Waals surface area contributed by atoms with E-state index in [1.165, 1.54) is 40.1 Å². The molecule has 232 valence electrons. The SMILES string of the molecule is C=CCN1CC(=O)N(C(C(=O)N(C)Cc2ccc(F)cc2F)C(C)(C)c2ccc(O)cc2)CN1C(=O)NCc1ccccc1. The summed E-state index contributed by atoms with van der Waals surface area (Å²) in [7, 11) is 1.48. The lowest BCUT2D eigenvalue weighted by atomic mass is 9.76. The number of rotatable bonds is 10. The fourth-order valence-corrected chi connectivity index (χ4v) is 5.31. The molecule has 1 fully saturated rings. The number of phenols is 1. The van der Waals surface area contributed by atoms with E-state index in [2.05, 4.69) is 11.9 Å². The number of hydrogen-bond donors (Lipinski definition) is 2. The number of urea groups is 1. The van der Waals surface area contributed by atoms with Gasteiger partial charge < -0.3 is 20.2 Å². The third-order valence-electron chi connectivity index (χ3n) is 7.77. The molecule has 0 saturated carbocycles. The van der Waals surface area contributed by atoms with Gasteiger partial charge >= 0.3 is 6.03 Å². The number of benzene rings is 3. The normalized spacial score (nSPS) is 14.7. The molecule has 1 aliphatic rings. The van der Waals surface area contributed by atoms with E-state index in [1.54, 1.807) is 37.1 Å². The highest BCUT2D eigenvalue weighted by Gasteiger charge is 2.47.